The van der Waals surface area contributed by atoms with Gasteiger partial charge >= 0.3 is 0 Å². The summed E-state index contributed by atoms with van der Waals surface area (Å²) in [6.07, 6.45) is 3.31. The SMILES string of the molecule is COc1ccc(-c2ccc(C(=O)NC3CC(N=C=S)C3)nc2)cc1. The van der Waals surface area contributed by atoms with Crippen molar-refractivity contribution in [3.8, 4) is 16.9 Å². The topological polar surface area (TPSA) is 63.6 Å². The van der Waals surface area contributed by atoms with Crippen molar-refractivity contribution in [2.24, 2.45) is 4.99 Å². The van der Waals surface area contributed by atoms with E-state index in [0.717, 1.165) is 29.7 Å². The molecule has 1 aliphatic carbocycles. The van der Waals surface area contributed by atoms with Gasteiger partial charge in [0, 0.05) is 17.8 Å². The number of hydrogen-bond donors (Lipinski definition) is 1. The molecule has 1 heterocycles. The summed E-state index contributed by atoms with van der Waals surface area (Å²) in [6.45, 7) is 0. The average Bonchev–Trinajstić information content (AvgIpc) is 2.60. The number of benzene rings is 1. The molecule has 0 saturated heterocycles. The highest BCUT2D eigenvalue weighted by Gasteiger charge is 2.30. The Hall–Kier alpha value is -2.56. The standard InChI is InChI=1S/C18H17N3O2S/c1-23-16-5-2-12(3-6-16)13-4-7-17(19-10-13)18(22)21-15-8-14(9-15)20-11-24/h2-7,10,14-15H,8-9H2,1H3,(H,21,22). The number of methoxy groups -OCH3 is 1. The molecule has 1 N–H and O–H groups in total. The zero-order valence-electron chi connectivity index (χ0n) is 13.2. The molecule has 1 aliphatic rings. The summed E-state index contributed by atoms with van der Waals surface area (Å²) in [5.74, 6) is 0.644. The van der Waals surface area contributed by atoms with Crippen molar-refractivity contribution in [3.05, 3.63) is 48.3 Å². The summed E-state index contributed by atoms with van der Waals surface area (Å²) < 4.78 is 5.15. The Morgan fingerprint density at radius 3 is 2.54 bits per heavy atom. The van der Waals surface area contributed by atoms with Crippen LogP contribution in [0.4, 0.5) is 0 Å². The zero-order valence-corrected chi connectivity index (χ0v) is 14.0. The van der Waals surface area contributed by atoms with Gasteiger partial charge in [-0.3, -0.25) is 9.78 Å². The molecule has 0 radical (unpaired) electrons. The molecule has 0 aliphatic heterocycles. The Labute approximate surface area is 145 Å². The highest BCUT2D eigenvalue weighted by Crippen LogP contribution is 2.24. The Balaban J connectivity index is 1.61. The van der Waals surface area contributed by atoms with Gasteiger partial charge in [-0.25, -0.2) is 4.99 Å². The van der Waals surface area contributed by atoms with Crippen molar-refractivity contribution in [1.29, 1.82) is 0 Å². The first-order valence-corrected chi connectivity index (χ1v) is 8.08. The van der Waals surface area contributed by atoms with Crippen molar-refractivity contribution in [2.45, 2.75) is 24.9 Å². The first-order valence-electron chi connectivity index (χ1n) is 7.68. The molecule has 0 atom stereocenters. The second-order valence-electron chi connectivity index (χ2n) is 5.68. The number of thiocarbonyl (C=S) groups is 1. The largest absolute Gasteiger partial charge is 0.497 e. The molecule has 24 heavy (non-hydrogen) atoms. The van der Waals surface area contributed by atoms with E-state index in [0.29, 0.717) is 5.69 Å². The van der Waals surface area contributed by atoms with E-state index in [1.165, 1.54) is 0 Å². The lowest BCUT2D eigenvalue weighted by molar-refractivity contribution is 0.0905. The molecule has 0 unspecified atom stereocenters. The van der Waals surface area contributed by atoms with Crippen LogP contribution < -0.4 is 10.1 Å². The van der Waals surface area contributed by atoms with E-state index in [9.17, 15) is 4.79 Å². The number of carbonyl (C=O) groups excluding carboxylic acids is 1. The maximum absolute atomic E-state index is 12.2. The number of pyridine rings is 1. The number of ether oxygens (including phenoxy) is 1. The minimum Gasteiger partial charge on any atom is -0.497 e. The van der Waals surface area contributed by atoms with Crippen LogP contribution in [-0.2, 0) is 0 Å². The van der Waals surface area contributed by atoms with E-state index in [1.54, 1.807) is 19.4 Å². The molecular formula is C18H17N3O2S. The van der Waals surface area contributed by atoms with Gasteiger partial charge in [-0.2, -0.15) is 0 Å². The number of aliphatic imine (C=N–C) groups is 1. The van der Waals surface area contributed by atoms with Crippen LogP contribution >= 0.6 is 12.2 Å². The molecule has 1 aromatic carbocycles. The van der Waals surface area contributed by atoms with Gasteiger partial charge in [0.2, 0.25) is 0 Å². The summed E-state index contributed by atoms with van der Waals surface area (Å²) in [5, 5.41) is 5.34. The molecule has 5 nitrogen and oxygen atoms in total. The van der Waals surface area contributed by atoms with Gasteiger partial charge < -0.3 is 10.1 Å². The first kappa shape index (κ1) is 16.3. The second-order valence-corrected chi connectivity index (χ2v) is 5.86. The van der Waals surface area contributed by atoms with Crippen molar-refractivity contribution in [1.82, 2.24) is 10.3 Å². The third kappa shape index (κ3) is 3.67. The average molecular weight is 339 g/mol. The predicted molar refractivity (Wildman–Crippen MR) is 95.5 cm³/mol. The molecule has 2 aromatic rings. The van der Waals surface area contributed by atoms with Gasteiger partial charge in [0.15, 0.2) is 0 Å². The van der Waals surface area contributed by atoms with Crippen LogP contribution in [0.15, 0.2) is 47.6 Å². The third-order valence-electron chi connectivity index (χ3n) is 4.10. The molecule has 122 valence electrons. The highest BCUT2D eigenvalue weighted by molar-refractivity contribution is 7.78. The van der Waals surface area contributed by atoms with E-state index >= 15 is 0 Å². The molecule has 1 fully saturated rings. The van der Waals surface area contributed by atoms with E-state index in [2.05, 4.69) is 32.7 Å². The molecule has 0 bridgehead atoms. The minimum absolute atomic E-state index is 0.137. The number of aromatic nitrogens is 1. The van der Waals surface area contributed by atoms with E-state index < -0.39 is 0 Å². The summed E-state index contributed by atoms with van der Waals surface area (Å²) in [4.78, 5) is 20.5. The van der Waals surface area contributed by atoms with Crippen LogP contribution in [0.5, 0.6) is 5.75 Å². The Bertz CT molecular complexity index is 762. The van der Waals surface area contributed by atoms with E-state index in [4.69, 9.17) is 4.74 Å². The van der Waals surface area contributed by atoms with Gasteiger partial charge in [-0.15, -0.1) is 0 Å². The zero-order chi connectivity index (χ0) is 16.9. The van der Waals surface area contributed by atoms with Crippen molar-refractivity contribution < 1.29 is 9.53 Å². The van der Waals surface area contributed by atoms with Gasteiger partial charge in [-0.1, -0.05) is 18.2 Å². The maximum atomic E-state index is 12.2. The van der Waals surface area contributed by atoms with Gasteiger partial charge in [0.1, 0.15) is 11.4 Å². The van der Waals surface area contributed by atoms with Gasteiger partial charge in [-0.05, 0) is 48.8 Å². The van der Waals surface area contributed by atoms with Crippen molar-refractivity contribution >= 4 is 23.3 Å². The van der Waals surface area contributed by atoms with Crippen LogP contribution in [0.25, 0.3) is 11.1 Å². The summed E-state index contributed by atoms with van der Waals surface area (Å²) in [5.41, 5.74) is 2.39. The fourth-order valence-electron chi connectivity index (χ4n) is 2.63. The number of rotatable bonds is 5. The highest BCUT2D eigenvalue weighted by atomic mass is 32.1. The first-order chi connectivity index (χ1) is 11.7. The van der Waals surface area contributed by atoms with Gasteiger partial charge in [0.05, 0.1) is 18.3 Å². The van der Waals surface area contributed by atoms with Gasteiger partial charge in [0.25, 0.3) is 5.91 Å². The van der Waals surface area contributed by atoms with Crippen molar-refractivity contribution in [3.63, 3.8) is 0 Å². The number of isothiocyanates is 1. The molecule has 3 rings (SSSR count). The molecule has 6 heteroatoms. The molecular weight excluding hydrogens is 322 g/mol. The smallest absolute Gasteiger partial charge is 0.270 e. The van der Waals surface area contributed by atoms with Crippen molar-refractivity contribution in [2.75, 3.05) is 7.11 Å². The number of hydrogen-bond acceptors (Lipinski definition) is 5. The number of nitrogens with zero attached hydrogens (tertiary/aromatic N) is 2. The Morgan fingerprint density at radius 1 is 1.25 bits per heavy atom. The summed E-state index contributed by atoms with van der Waals surface area (Å²) in [7, 11) is 1.63. The van der Waals surface area contributed by atoms with Crippen LogP contribution in [0.2, 0.25) is 0 Å². The Kier molecular flexibility index (Phi) is 4.99. The van der Waals surface area contributed by atoms with E-state index in [1.807, 2.05) is 30.3 Å². The quantitative estimate of drug-likeness (QED) is 0.671. The van der Waals surface area contributed by atoms with Crippen LogP contribution in [0, 0.1) is 0 Å². The normalized spacial score (nSPS) is 18.9. The van der Waals surface area contributed by atoms with E-state index in [-0.39, 0.29) is 18.0 Å². The second kappa shape index (κ2) is 7.34. The predicted octanol–water partition coefficient (Wildman–Crippen LogP) is 3.12. The van der Waals surface area contributed by atoms with Crippen LogP contribution in [0.3, 0.4) is 0 Å². The molecule has 1 aromatic heterocycles. The number of amides is 1. The lowest BCUT2D eigenvalue weighted by atomic mass is 9.87. The summed E-state index contributed by atoms with van der Waals surface area (Å²) >= 11 is 4.58. The molecule has 0 spiro atoms. The van der Waals surface area contributed by atoms with Crippen LogP contribution in [0.1, 0.15) is 23.3 Å². The monoisotopic (exact) mass is 339 g/mol. The molecule has 1 saturated carbocycles. The lowest BCUT2D eigenvalue weighted by Gasteiger charge is -2.32. The number of nitrogens with one attached hydrogen (secondary N) is 1. The Morgan fingerprint density at radius 2 is 1.96 bits per heavy atom. The third-order valence-corrected chi connectivity index (χ3v) is 4.21. The fourth-order valence-corrected chi connectivity index (χ4v) is 2.78. The lowest BCUT2D eigenvalue weighted by Crippen LogP contribution is -2.46. The van der Waals surface area contributed by atoms with Crippen LogP contribution in [-0.4, -0.2) is 35.2 Å². The fraction of sp³-hybridized carbons (Fsp3) is 0.278. The minimum atomic E-state index is -0.161. The summed E-state index contributed by atoms with van der Waals surface area (Å²) in [6, 6.07) is 11.7. The molecule has 1 amide bonds. The number of carbonyl (C=O) groups is 1. The maximum Gasteiger partial charge on any atom is 0.270 e.